The van der Waals surface area contributed by atoms with Gasteiger partial charge in [0.1, 0.15) is 6.17 Å². The zero-order chi connectivity index (χ0) is 34.9. The van der Waals surface area contributed by atoms with Crippen molar-refractivity contribution in [3.05, 3.63) is 108 Å². The highest BCUT2D eigenvalue weighted by Crippen LogP contribution is 2.46. The largest absolute Gasteiger partial charge is 0.382 e. The minimum absolute atomic E-state index is 0. The number of anilines is 3. The summed E-state index contributed by atoms with van der Waals surface area (Å²) in [5.74, 6) is -2.90. The number of alkyl halides is 3. The third kappa shape index (κ3) is 9.92. The molecule has 1 spiro atoms. The second-order valence-electron chi connectivity index (χ2n) is 13.1. The fourth-order valence-electron chi connectivity index (χ4n) is 5.90. The van der Waals surface area contributed by atoms with Gasteiger partial charge in [-0.2, -0.15) is 0 Å². The number of allylic oxidation sites excluding steroid dienone is 2. The van der Waals surface area contributed by atoms with Gasteiger partial charge in [-0.15, -0.1) is 0 Å². The molecule has 1 saturated carbocycles. The van der Waals surface area contributed by atoms with Crippen LogP contribution >= 0.6 is 0 Å². The number of hydrogen-bond acceptors (Lipinski definition) is 5. The molecule has 2 aliphatic rings. The van der Waals surface area contributed by atoms with E-state index in [9.17, 15) is 13.2 Å². The summed E-state index contributed by atoms with van der Waals surface area (Å²) in [4.78, 5) is 4.52. The number of ether oxygens (including phenoxy) is 1. The third-order valence-electron chi connectivity index (χ3n) is 8.96. The molecule has 1 saturated heterocycles. The van der Waals surface area contributed by atoms with E-state index in [4.69, 9.17) is 10.1 Å². The molecule has 0 bridgehead atoms. The van der Waals surface area contributed by atoms with Crippen LogP contribution in [-0.4, -0.2) is 36.9 Å². The van der Waals surface area contributed by atoms with Gasteiger partial charge >= 0.3 is 0 Å². The summed E-state index contributed by atoms with van der Waals surface area (Å²) in [6, 6.07) is 20.4. The van der Waals surface area contributed by atoms with E-state index in [1.807, 2.05) is 69.3 Å². The van der Waals surface area contributed by atoms with Crippen LogP contribution in [0.1, 0.15) is 77.9 Å². The van der Waals surface area contributed by atoms with E-state index >= 15 is 0 Å². The summed E-state index contributed by atoms with van der Waals surface area (Å²) in [6.45, 7) is 14.2. The van der Waals surface area contributed by atoms with Crippen molar-refractivity contribution in [2.45, 2.75) is 84.9 Å². The SMILES string of the molecule is C=C1CCC(Nc2ccc(Nc3cccc(C(C)(F)F)c3)c(C(C)=N)c2)CC12COC2.CCC(F)/C=C/CC(C)=Nc1ccccc1C.[HH]. The third-order valence-corrected chi connectivity index (χ3v) is 8.96. The summed E-state index contributed by atoms with van der Waals surface area (Å²) >= 11 is 0. The van der Waals surface area contributed by atoms with Gasteiger partial charge < -0.3 is 20.8 Å². The van der Waals surface area contributed by atoms with Crippen molar-refractivity contribution in [3.8, 4) is 0 Å². The minimum atomic E-state index is -2.90. The van der Waals surface area contributed by atoms with E-state index in [-0.39, 0.29) is 12.4 Å². The molecular formula is C40H51F3N4O. The Balaban J connectivity index is 0.000000309. The Kier molecular flexibility index (Phi) is 12.4. The molecule has 2 atom stereocenters. The molecule has 3 aromatic carbocycles. The van der Waals surface area contributed by atoms with Crippen LogP contribution in [-0.2, 0) is 10.7 Å². The summed E-state index contributed by atoms with van der Waals surface area (Å²) in [5, 5.41) is 15.0. The predicted molar refractivity (Wildman–Crippen MR) is 197 cm³/mol. The van der Waals surface area contributed by atoms with E-state index in [0.717, 1.165) is 73.3 Å². The second kappa shape index (κ2) is 16.3. The molecule has 1 aliphatic carbocycles. The molecule has 3 N–H and O–H groups in total. The first-order chi connectivity index (χ1) is 22.8. The van der Waals surface area contributed by atoms with Gasteiger partial charge in [-0.1, -0.05) is 61.6 Å². The Hall–Kier alpha value is -4.17. The molecule has 0 aromatic heterocycles. The second-order valence-corrected chi connectivity index (χ2v) is 13.1. The average molecular weight is 661 g/mol. The Morgan fingerprint density at radius 2 is 1.88 bits per heavy atom. The Labute approximate surface area is 285 Å². The van der Waals surface area contributed by atoms with Crippen molar-refractivity contribution >= 4 is 34.2 Å². The highest BCUT2D eigenvalue weighted by atomic mass is 19.3. The van der Waals surface area contributed by atoms with E-state index in [1.54, 1.807) is 25.1 Å². The molecule has 0 amide bonds. The average Bonchev–Trinajstić information content (AvgIpc) is 3.03. The van der Waals surface area contributed by atoms with Gasteiger partial charge in [0.25, 0.3) is 5.92 Å². The first-order valence-corrected chi connectivity index (χ1v) is 16.7. The predicted octanol–water partition coefficient (Wildman–Crippen LogP) is 11.5. The number of nitrogens with one attached hydrogen (secondary N) is 3. The van der Waals surface area contributed by atoms with Crippen molar-refractivity contribution in [1.82, 2.24) is 0 Å². The Morgan fingerprint density at radius 3 is 2.52 bits per heavy atom. The lowest BCUT2D eigenvalue weighted by atomic mass is 9.67. The molecule has 48 heavy (non-hydrogen) atoms. The van der Waals surface area contributed by atoms with Crippen molar-refractivity contribution in [1.29, 1.82) is 5.41 Å². The van der Waals surface area contributed by atoms with Crippen molar-refractivity contribution < 1.29 is 19.3 Å². The fourth-order valence-corrected chi connectivity index (χ4v) is 5.90. The van der Waals surface area contributed by atoms with Crippen LogP contribution in [0.2, 0.25) is 0 Å². The first kappa shape index (κ1) is 36.7. The number of halogens is 3. The topological polar surface area (TPSA) is 69.5 Å². The molecule has 5 nitrogen and oxygen atoms in total. The van der Waals surface area contributed by atoms with Gasteiger partial charge in [0, 0.05) is 65.8 Å². The molecule has 0 radical (unpaired) electrons. The van der Waals surface area contributed by atoms with Gasteiger partial charge in [-0.25, -0.2) is 13.2 Å². The standard InChI is InChI=1S/C25H29F2N3O.C15H20FN.H2/c1-16-7-8-21(13-25(16)14-31-15-25)29-20-9-10-23(22(12-20)17(2)28)30-19-6-4-5-18(11-19)24(3,26)27;1-4-14(16)10-7-9-13(3)17-15-11-6-5-8-12(15)2;/h4-6,9-12,21,28-30H,1,7-8,13-15H2,2-3H3;5-8,10-11,14H,4,9H2,1-3H3;1H/b;10-7+,17-13?;. The van der Waals surface area contributed by atoms with Gasteiger partial charge in [0.15, 0.2) is 0 Å². The molecule has 258 valence electrons. The van der Waals surface area contributed by atoms with Crippen LogP contribution in [0, 0.1) is 17.7 Å². The maximum absolute atomic E-state index is 13.7. The molecule has 1 aliphatic heterocycles. The molecule has 5 rings (SSSR count). The van der Waals surface area contributed by atoms with Crippen LogP contribution in [0.15, 0.2) is 96.0 Å². The molecule has 2 fully saturated rings. The maximum Gasteiger partial charge on any atom is 0.270 e. The normalized spacial score (nSPS) is 18.1. The summed E-state index contributed by atoms with van der Waals surface area (Å²) in [5.41, 5.74) is 7.90. The van der Waals surface area contributed by atoms with Crippen molar-refractivity contribution in [2.24, 2.45) is 10.4 Å². The molecule has 3 aromatic rings. The van der Waals surface area contributed by atoms with Crippen LogP contribution in [0.3, 0.4) is 0 Å². The number of rotatable bonds is 11. The van der Waals surface area contributed by atoms with E-state index in [1.165, 1.54) is 17.7 Å². The lowest BCUT2D eigenvalue weighted by Gasteiger charge is -2.48. The number of nitrogens with zero attached hydrogens (tertiary/aromatic N) is 1. The Bertz CT molecular complexity index is 1640. The highest BCUT2D eigenvalue weighted by molar-refractivity contribution is 6.03. The molecule has 1 heterocycles. The van der Waals surface area contributed by atoms with Crippen LogP contribution in [0.25, 0.3) is 0 Å². The number of benzene rings is 3. The van der Waals surface area contributed by atoms with Gasteiger partial charge in [-0.3, -0.25) is 4.99 Å². The summed E-state index contributed by atoms with van der Waals surface area (Å²) in [7, 11) is 0. The van der Waals surface area contributed by atoms with Crippen LogP contribution in [0.5, 0.6) is 0 Å². The summed E-state index contributed by atoms with van der Waals surface area (Å²) < 4.78 is 45.8. The maximum atomic E-state index is 13.7. The van der Waals surface area contributed by atoms with Crippen LogP contribution in [0.4, 0.5) is 35.9 Å². The zero-order valence-electron chi connectivity index (χ0n) is 28.8. The van der Waals surface area contributed by atoms with Crippen molar-refractivity contribution in [2.75, 3.05) is 23.8 Å². The number of para-hydroxylation sites is 1. The van der Waals surface area contributed by atoms with E-state index < -0.39 is 12.1 Å². The monoisotopic (exact) mass is 660 g/mol. The molecule has 2 unspecified atom stereocenters. The first-order valence-electron chi connectivity index (χ1n) is 16.7. The molecular weight excluding hydrogens is 609 g/mol. The van der Waals surface area contributed by atoms with Gasteiger partial charge in [-0.05, 0) is 88.4 Å². The molecule has 8 heteroatoms. The van der Waals surface area contributed by atoms with Crippen molar-refractivity contribution in [3.63, 3.8) is 0 Å². The smallest absolute Gasteiger partial charge is 0.270 e. The van der Waals surface area contributed by atoms with E-state index in [0.29, 0.717) is 30.3 Å². The summed E-state index contributed by atoms with van der Waals surface area (Å²) in [6.07, 6.45) is 6.89. The zero-order valence-corrected chi connectivity index (χ0v) is 28.8. The lowest BCUT2D eigenvalue weighted by molar-refractivity contribution is -0.102. The lowest BCUT2D eigenvalue weighted by Crippen LogP contribution is -2.49. The highest BCUT2D eigenvalue weighted by Gasteiger charge is 2.45. The minimum Gasteiger partial charge on any atom is -0.382 e. The Morgan fingerprint density at radius 1 is 1.12 bits per heavy atom. The van der Waals surface area contributed by atoms with Gasteiger partial charge in [0.2, 0.25) is 0 Å². The number of hydrogen-bond donors (Lipinski definition) is 3. The number of aryl methyl sites for hydroxylation is 1. The quantitative estimate of drug-likeness (QED) is 0.142. The number of aliphatic imine (C=N–C) groups is 1. The van der Waals surface area contributed by atoms with Crippen LogP contribution < -0.4 is 10.6 Å². The fraction of sp³-hybridized carbons (Fsp3) is 0.400. The van der Waals surface area contributed by atoms with Gasteiger partial charge in [0.05, 0.1) is 18.9 Å². The van der Waals surface area contributed by atoms with E-state index in [2.05, 4.69) is 22.2 Å².